The van der Waals surface area contributed by atoms with Gasteiger partial charge in [-0.15, -0.1) is 0 Å². The van der Waals surface area contributed by atoms with Crippen molar-refractivity contribution in [2.45, 2.75) is 12.7 Å². The van der Waals surface area contributed by atoms with Gasteiger partial charge in [-0.3, -0.25) is 4.21 Å². The van der Waals surface area contributed by atoms with E-state index in [1.165, 1.54) is 12.1 Å². The van der Waals surface area contributed by atoms with Gasteiger partial charge >= 0.3 is 0 Å². The van der Waals surface area contributed by atoms with Crippen LogP contribution in [0.3, 0.4) is 0 Å². The first-order valence-electron chi connectivity index (χ1n) is 6.44. The summed E-state index contributed by atoms with van der Waals surface area (Å²) in [6, 6.07) is 7.50. The van der Waals surface area contributed by atoms with Gasteiger partial charge in [0.15, 0.2) is 0 Å². The van der Waals surface area contributed by atoms with Crippen molar-refractivity contribution in [3.63, 3.8) is 0 Å². The van der Waals surface area contributed by atoms with Crippen molar-refractivity contribution in [1.82, 2.24) is 0 Å². The summed E-state index contributed by atoms with van der Waals surface area (Å²) in [5.74, 6) is 0. The second-order valence-corrected chi connectivity index (χ2v) is 3.28. The predicted octanol–water partition coefficient (Wildman–Crippen LogP) is 2.00. The van der Waals surface area contributed by atoms with E-state index in [0.29, 0.717) is 0 Å². The Kier molecular flexibility index (Phi) is 1.72. The van der Waals surface area contributed by atoms with E-state index >= 15 is 0 Å². The maximum absolute atomic E-state index is 11.3. The van der Waals surface area contributed by atoms with Crippen LogP contribution >= 0.6 is 0 Å². The third kappa shape index (κ3) is 3.67. The second-order valence-electron chi connectivity index (χ2n) is 2.17. The van der Waals surface area contributed by atoms with Crippen LogP contribution in [-0.2, 0) is 17.2 Å². The Morgan fingerprint density at radius 1 is 1.42 bits per heavy atom. The Morgan fingerprint density at radius 3 is 2.67 bits per heavy atom. The molecule has 1 atom stereocenters. The van der Waals surface area contributed by atoms with Gasteiger partial charge < -0.3 is 0 Å². The van der Waals surface area contributed by atoms with Gasteiger partial charge in [0, 0.05) is 31.0 Å². The van der Waals surface area contributed by atoms with Gasteiger partial charge in [-0.25, -0.2) is 0 Å². The molecular formula is C10H14OS. The van der Waals surface area contributed by atoms with E-state index in [2.05, 4.69) is 0 Å². The molecule has 0 aromatic heterocycles. The van der Waals surface area contributed by atoms with Crippen LogP contribution in [0.15, 0.2) is 30.3 Å². The van der Waals surface area contributed by atoms with Crippen molar-refractivity contribution in [2.75, 3.05) is 12.0 Å². The van der Waals surface area contributed by atoms with Crippen molar-refractivity contribution < 1.29 is 12.4 Å². The van der Waals surface area contributed by atoms with Crippen LogP contribution in [0.2, 0.25) is 0 Å². The van der Waals surface area contributed by atoms with Crippen LogP contribution < -0.4 is 0 Å². The molecule has 0 aliphatic rings. The fourth-order valence-electron chi connectivity index (χ4n) is 0.691. The van der Waals surface area contributed by atoms with Crippen molar-refractivity contribution >= 4 is 10.8 Å². The number of rotatable bonds is 4. The quantitative estimate of drug-likeness (QED) is 0.706. The average molecular weight is 188 g/mol. The summed E-state index contributed by atoms with van der Waals surface area (Å²) in [6.07, 6.45) is -4.47. The summed E-state index contributed by atoms with van der Waals surface area (Å²) < 4.78 is 57.5. The summed E-state index contributed by atoms with van der Waals surface area (Å²) in [5.41, 5.74) is -2.77. The first-order valence-corrected chi connectivity index (χ1v) is 5.00. The zero-order valence-electron chi connectivity index (χ0n) is 12.7. The fraction of sp³-hybridized carbons (Fsp3) is 0.400. The van der Waals surface area contributed by atoms with Crippen LogP contribution in [0.1, 0.15) is 20.2 Å². The fourth-order valence-corrected chi connectivity index (χ4v) is 0.886. The van der Waals surface area contributed by atoms with E-state index in [-0.39, 0.29) is 5.56 Å². The van der Waals surface area contributed by atoms with Gasteiger partial charge in [-0.2, -0.15) is 0 Å². The Labute approximate surface area is 84.7 Å². The molecule has 12 heavy (non-hydrogen) atoms. The largest absolute Gasteiger partial charge is 0.260 e. The predicted molar refractivity (Wildman–Crippen MR) is 53.7 cm³/mol. The molecule has 66 valence electrons. The maximum atomic E-state index is 11.3. The molecule has 0 saturated carbocycles. The van der Waals surface area contributed by atoms with Crippen LogP contribution in [0, 0.1) is 0 Å². The Hall–Kier alpha value is -0.630. The molecular weight excluding hydrogens is 168 g/mol. The van der Waals surface area contributed by atoms with Crippen molar-refractivity contribution in [3.05, 3.63) is 35.9 Å². The highest BCUT2D eigenvalue weighted by atomic mass is 32.2. The van der Waals surface area contributed by atoms with E-state index in [0.717, 1.165) is 6.26 Å². The molecule has 0 saturated heterocycles. The lowest BCUT2D eigenvalue weighted by atomic mass is 10.1. The molecule has 1 nitrogen and oxygen atoms in total. The summed E-state index contributed by atoms with van der Waals surface area (Å²) in [6.45, 7) is 0. The minimum absolute atomic E-state index is 0.0179. The molecule has 1 aromatic rings. The highest BCUT2D eigenvalue weighted by Gasteiger charge is 1.93. The van der Waals surface area contributed by atoms with Crippen LogP contribution in [0.4, 0.5) is 0 Å². The lowest BCUT2D eigenvalue weighted by Gasteiger charge is -1.98. The normalized spacial score (nSPS) is 23.8. The average Bonchev–Trinajstić information content (AvgIpc) is 2.29. The Balaban J connectivity index is 3.31. The Morgan fingerprint density at radius 2 is 2.08 bits per heavy atom. The molecule has 0 aliphatic carbocycles. The zero-order chi connectivity index (χ0) is 14.2. The molecule has 0 radical (unpaired) electrons. The number of aryl methyl sites for hydroxylation is 1. The minimum Gasteiger partial charge on any atom is -0.260 e. The number of benzene rings is 1. The van der Waals surface area contributed by atoms with E-state index in [9.17, 15) is 4.21 Å². The highest BCUT2D eigenvalue weighted by molar-refractivity contribution is 7.84. The minimum atomic E-state index is -2.92. The van der Waals surface area contributed by atoms with Crippen LogP contribution in [-0.4, -0.2) is 16.2 Å². The number of hydrogen-bond donors (Lipinski definition) is 0. The SMILES string of the molecule is [2H]C([2H])(c1ccccc1)C([2H])([2H])C([2H])([2H])S(C)=O. The molecule has 0 N–H and O–H groups in total. The van der Waals surface area contributed by atoms with Gasteiger partial charge in [0.1, 0.15) is 0 Å². The molecule has 1 rings (SSSR count). The molecule has 0 bridgehead atoms. The molecule has 0 heterocycles. The molecule has 0 aliphatic heterocycles. The standard InChI is InChI=1S/C10H14OS/c1-12(11)9-5-8-10-6-3-2-4-7-10/h2-4,6-7H,5,8-9H2,1H3/i5D2,8D2,9D2. The molecule has 1 aromatic carbocycles. The lowest BCUT2D eigenvalue weighted by Crippen LogP contribution is -1.96. The van der Waals surface area contributed by atoms with Gasteiger partial charge in [-0.1, -0.05) is 30.3 Å². The summed E-state index contributed by atoms with van der Waals surface area (Å²) in [4.78, 5) is 0. The third-order valence-corrected chi connectivity index (χ3v) is 1.56. The Bertz CT molecular complexity index is 445. The van der Waals surface area contributed by atoms with E-state index in [4.69, 9.17) is 8.22 Å². The zero-order valence-corrected chi connectivity index (χ0v) is 7.52. The van der Waals surface area contributed by atoms with Crippen LogP contribution in [0.5, 0.6) is 0 Å². The summed E-state index contributed by atoms with van der Waals surface area (Å²) >= 11 is 0. The molecule has 0 amide bonds. The van der Waals surface area contributed by atoms with E-state index < -0.39 is 29.3 Å². The van der Waals surface area contributed by atoms with E-state index in [1.54, 1.807) is 18.2 Å². The van der Waals surface area contributed by atoms with E-state index in [1.807, 2.05) is 0 Å². The first-order chi connectivity index (χ1) is 8.05. The lowest BCUT2D eigenvalue weighted by molar-refractivity contribution is 0.684. The maximum Gasteiger partial charge on any atom is 0.0407 e. The molecule has 2 heteroatoms. The smallest absolute Gasteiger partial charge is 0.0407 e. The van der Waals surface area contributed by atoms with Crippen molar-refractivity contribution in [3.8, 4) is 0 Å². The number of hydrogen-bond acceptors (Lipinski definition) is 1. The highest BCUT2D eigenvalue weighted by Crippen LogP contribution is 2.02. The van der Waals surface area contributed by atoms with Gasteiger partial charge in [0.2, 0.25) is 0 Å². The third-order valence-electron chi connectivity index (χ3n) is 1.18. The molecule has 0 fully saturated rings. The van der Waals surface area contributed by atoms with Crippen molar-refractivity contribution in [1.29, 1.82) is 0 Å². The summed E-state index contributed by atoms with van der Waals surface area (Å²) in [7, 11) is -2.15. The van der Waals surface area contributed by atoms with Gasteiger partial charge in [-0.05, 0) is 18.3 Å². The molecule has 0 spiro atoms. The first kappa shape index (κ1) is 4.05. The van der Waals surface area contributed by atoms with Crippen LogP contribution in [0.25, 0.3) is 0 Å². The van der Waals surface area contributed by atoms with Crippen molar-refractivity contribution in [2.24, 2.45) is 0 Å². The van der Waals surface area contributed by atoms with Gasteiger partial charge in [0.25, 0.3) is 0 Å². The topological polar surface area (TPSA) is 17.1 Å². The van der Waals surface area contributed by atoms with Gasteiger partial charge in [0.05, 0.1) is 0 Å². The second kappa shape index (κ2) is 5.09. The summed E-state index contributed by atoms with van der Waals surface area (Å²) in [5, 5.41) is 0. The monoisotopic (exact) mass is 188 g/mol. The molecule has 1 unspecified atom stereocenters.